The first-order valence-corrected chi connectivity index (χ1v) is 7.39. The van der Waals surface area contributed by atoms with E-state index < -0.39 is 0 Å². The van der Waals surface area contributed by atoms with Crippen molar-refractivity contribution in [3.63, 3.8) is 0 Å². The average molecular weight is 293 g/mol. The van der Waals surface area contributed by atoms with Crippen LogP contribution >= 0.6 is 0 Å². The molecule has 0 aliphatic carbocycles. The smallest absolute Gasteiger partial charge is 0.207 e. The summed E-state index contributed by atoms with van der Waals surface area (Å²) in [5.41, 5.74) is 4.49. The van der Waals surface area contributed by atoms with Crippen LogP contribution in [0, 0.1) is 6.92 Å². The van der Waals surface area contributed by atoms with Gasteiger partial charge in [-0.25, -0.2) is 4.98 Å². The van der Waals surface area contributed by atoms with Gasteiger partial charge in [-0.1, -0.05) is 42.0 Å². The molecule has 0 radical (unpaired) electrons. The van der Waals surface area contributed by atoms with E-state index in [-0.39, 0.29) is 6.04 Å². The Hall–Kier alpha value is -2.62. The second-order valence-electron chi connectivity index (χ2n) is 5.54. The highest BCUT2D eigenvalue weighted by molar-refractivity contribution is 5.76. The first-order chi connectivity index (χ1) is 10.7. The maximum Gasteiger partial charge on any atom is 0.207 e. The summed E-state index contributed by atoms with van der Waals surface area (Å²) >= 11 is 0. The van der Waals surface area contributed by atoms with Crippen LogP contribution in [0.15, 0.2) is 48.5 Å². The van der Waals surface area contributed by atoms with E-state index in [0.717, 1.165) is 29.8 Å². The quantitative estimate of drug-likeness (QED) is 0.734. The summed E-state index contributed by atoms with van der Waals surface area (Å²) in [5.74, 6) is 0.870. The first kappa shape index (κ1) is 14.3. The van der Waals surface area contributed by atoms with Crippen molar-refractivity contribution in [2.45, 2.75) is 26.4 Å². The molecule has 3 aromatic rings. The maximum atomic E-state index is 10.8. The van der Waals surface area contributed by atoms with Gasteiger partial charge in [0.1, 0.15) is 5.82 Å². The van der Waals surface area contributed by atoms with Gasteiger partial charge in [0.05, 0.1) is 17.1 Å². The van der Waals surface area contributed by atoms with Crippen molar-refractivity contribution in [1.82, 2.24) is 14.9 Å². The Morgan fingerprint density at radius 2 is 2.05 bits per heavy atom. The molecule has 3 rings (SSSR count). The second-order valence-corrected chi connectivity index (χ2v) is 5.54. The summed E-state index contributed by atoms with van der Waals surface area (Å²) in [4.78, 5) is 15.5. The summed E-state index contributed by atoms with van der Waals surface area (Å²) in [5, 5.41) is 2.80. The van der Waals surface area contributed by atoms with Crippen molar-refractivity contribution in [3.05, 3.63) is 65.5 Å². The summed E-state index contributed by atoms with van der Waals surface area (Å²) in [6, 6.07) is 16.4. The number of hydrogen-bond acceptors (Lipinski definition) is 2. The molecule has 4 heteroatoms. The highest BCUT2D eigenvalue weighted by Gasteiger charge is 2.16. The van der Waals surface area contributed by atoms with Gasteiger partial charge in [0.2, 0.25) is 6.41 Å². The largest absolute Gasteiger partial charge is 0.349 e. The Labute approximate surface area is 129 Å². The molecule has 0 saturated heterocycles. The second kappa shape index (κ2) is 6.02. The van der Waals surface area contributed by atoms with Crippen LogP contribution in [0.1, 0.15) is 29.9 Å². The van der Waals surface area contributed by atoms with Gasteiger partial charge in [0.15, 0.2) is 0 Å². The fourth-order valence-electron chi connectivity index (χ4n) is 2.76. The molecule has 4 nitrogen and oxygen atoms in total. The molecule has 112 valence electrons. The number of nitrogens with zero attached hydrogens (tertiary/aromatic N) is 2. The number of fused-ring (bicyclic) bond motifs is 1. The zero-order chi connectivity index (χ0) is 15.5. The monoisotopic (exact) mass is 293 g/mol. The molecule has 1 aromatic heterocycles. The van der Waals surface area contributed by atoms with E-state index in [1.165, 1.54) is 11.1 Å². The molecule has 0 aliphatic rings. The maximum absolute atomic E-state index is 10.8. The van der Waals surface area contributed by atoms with E-state index in [0.29, 0.717) is 0 Å². The van der Waals surface area contributed by atoms with Crippen LogP contribution in [0.25, 0.3) is 11.0 Å². The van der Waals surface area contributed by atoms with Crippen molar-refractivity contribution >= 4 is 17.4 Å². The van der Waals surface area contributed by atoms with Gasteiger partial charge < -0.3 is 9.88 Å². The number of aryl methyl sites for hydroxylation is 1. The van der Waals surface area contributed by atoms with Gasteiger partial charge in [-0.05, 0) is 31.5 Å². The van der Waals surface area contributed by atoms with Crippen molar-refractivity contribution in [3.8, 4) is 0 Å². The third kappa shape index (κ3) is 2.72. The number of amides is 1. The van der Waals surface area contributed by atoms with E-state index in [1.54, 1.807) is 0 Å². The Balaban J connectivity index is 2.09. The van der Waals surface area contributed by atoms with Crippen molar-refractivity contribution in [2.24, 2.45) is 0 Å². The lowest BCUT2D eigenvalue weighted by atomic mass is 10.1. The lowest BCUT2D eigenvalue weighted by Gasteiger charge is -2.14. The molecule has 1 heterocycles. The lowest BCUT2D eigenvalue weighted by Crippen LogP contribution is -2.20. The molecule has 2 aromatic carbocycles. The number of hydrogen-bond donors (Lipinski definition) is 1. The third-order valence-electron chi connectivity index (χ3n) is 3.81. The molecule has 0 fully saturated rings. The fraction of sp³-hybridized carbons (Fsp3) is 0.222. The Bertz CT molecular complexity index is 807. The lowest BCUT2D eigenvalue weighted by molar-refractivity contribution is -0.110. The van der Waals surface area contributed by atoms with Crippen LogP contribution in [0.4, 0.5) is 0 Å². The number of para-hydroxylation sites is 2. The number of carbonyl (C=O) groups excluding carboxylic acids is 1. The molecular weight excluding hydrogens is 274 g/mol. The van der Waals surface area contributed by atoms with Crippen LogP contribution < -0.4 is 5.32 Å². The van der Waals surface area contributed by atoms with Crippen molar-refractivity contribution < 1.29 is 4.79 Å². The van der Waals surface area contributed by atoms with Crippen molar-refractivity contribution in [2.75, 3.05) is 0 Å². The minimum absolute atomic E-state index is 0.130. The van der Waals surface area contributed by atoms with E-state index in [2.05, 4.69) is 47.1 Å². The van der Waals surface area contributed by atoms with Crippen LogP contribution in [0.5, 0.6) is 0 Å². The summed E-state index contributed by atoms with van der Waals surface area (Å²) in [7, 11) is 0. The number of nitrogens with one attached hydrogen (secondary N) is 1. The normalized spacial score (nSPS) is 12.3. The highest BCUT2D eigenvalue weighted by Crippen LogP contribution is 2.22. The molecule has 1 atom stereocenters. The van der Waals surface area contributed by atoms with E-state index in [9.17, 15) is 4.79 Å². The molecule has 0 aliphatic heterocycles. The molecular formula is C18H19N3O. The van der Waals surface area contributed by atoms with Crippen molar-refractivity contribution in [1.29, 1.82) is 0 Å². The number of imidazole rings is 1. The van der Waals surface area contributed by atoms with Gasteiger partial charge in [-0.2, -0.15) is 0 Å². The predicted molar refractivity (Wildman–Crippen MR) is 87.6 cm³/mol. The summed E-state index contributed by atoms with van der Waals surface area (Å²) in [6.07, 6.45) is 0.723. The summed E-state index contributed by atoms with van der Waals surface area (Å²) < 4.78 is 2.17. The average Bonchev–Trinajstić information content (AvgIpc) is 2.87. The van der Waals surface area contributed by atoms with E-state index >= 15 is 0 Å². The van der Waals surface area contributed by atoms with Gasteiger partial charge in [0.25, 0.3) is 0 Å². The highest BCUT2D eigenvalue weighted by atomic mass is 16.1. The summed E-state index contributed by atoms with van der Waals surface area (Å²) in [6.45, 7) is 4.78. The predicted octanol–water partition coefficient (Wildman–Crippen LogP) is 3.20. The van der Waals surface area contributed by atoms with E-state index in [4.69, 9.17) is 4.98 Å². The first-order valence-electron chi connectivity index (χ1n) is 7.39. The minimum Gasteiger partial charge on any atom is -0.349 e. The standard InChI is InChI=1S/C18H19N3O/c1-13-6-5-7-15(10-13)11-21-17-9-4-3-8-16(17)20-18(21)14(2)19-12-22/h3-10,12,14H,11H2,1-2H3,(H,19,22)/t14-/m0/s1. The molecule has 0 saturated carbocycles. The SMILES string of the molecule is Cc1cccc(Cn2c([C@H](C)NC=O)nc3ccccc32)c1. The van der Waals surface area contributed by atoms with Gasteiger partial charge in [0, 0.05) is 6.54 Å². The number of carbonyl (C=O) groups is 1. The minimum atomic E-state index is -0.130. The number of rotatable bonds is 5. The number of benzene rings is 2. The van der Waals surface area contributed by atoms with Gasteiger partial charge in [-0.3, -0.25) is 4.79 Å². The molecule has 0 unspecified atom stereocenters. The molecule has 0 spiro atoms. The van der Waals surface area contributed by atoms with Crippen LogP contribution in [-0.2, 0) is 11.3 Å². The van der Waals surface area contributed by atoms with E-state index in [1.807, 2.05) is 25.1 Å². The Kier molecular flexibility index (Phi) is 3.92. The third-order valence-corrected chi connectivity index (χ3v) is 3.81. The molecule has 0 bridgehead atoms. The number of aromatic nitrogens is 2. The fourth-order valence-corrected chi connectivity index (χ4v) is 2.76. The topological polar surface area (TPSA) is 46.9 Å². The zero-order valence-corrected chi connectivity index (χ0v) is 12.8. The van der Waals surface area contributed by atoms with Crippen LogP contribution in [0.2, 0.25) is 0 Å². The van der Waals surface area contributed by atoms with Gasteiger partial charge in [-0.15, -0.1) is 0 Å². The van der Waals surface area contributed by atoms with Crippen LogP contribution in [0.3, 0.4) is 0 Å². The zero-order valence-electron chi connectivity index (χ0n) is 12.8. The van der Waals surface area contributed by atoms with Gasteiger partial charge >= 0.3 is 0 Å². The Morgan fingerprint density at radius 1 is 1.23 bits per heavy atom. The Morgan fingerprint density at radius 3 is 2.82 bits per heavy atom. The van der Waals surface area contributed by atoms with Crippen LogP contribution in [-0.4, -0.2) is 16.0 Å². The molecule has 22 heavy (non-hydrogen) atoms. The molecule has 1 amide bonds. The molecule has 1 N–H and O–H groups in total.